The molecule has 2 aromatic rings. The van der Waals surface area contributed by atoms with Crippen LogP contribution >= 0.6 is 43.2 Å². The Morgan fingerprint density at radius 2 is 2.06 bits per heavy atom. The summed E-state index contributed by atoms with van der Waals surface area (Å²) in [5.41, 5.74) is 1.27. The maximum atomic E-state index is 13.3. The van der Waals surface area contributed by atoms with Gasteiger partial charge in [-0.1, -0.05) is 0 Å². The molecule has 1 aromatic carbocycles. The van der Waals surface area contributed by atoms with Gasteiger partial charge in [0.05, 0.1) is 4.47 Å². The molecule has 0 fully saturated rings. The molecule has 0 radical (unpaired) electrons. The van der Waals surface area contributed by atoms with E-state index in [4.69, 9.17) is 0 Å². The van der Waals surface area contributed by atoms with Gasteiger partial charge in [0.2, 0.25) is 0 Å². The van der Waals surface area contributed by atoms with E-state index in [9.17, 15) is 9.18 Å². The van der Waals surface area contributed by atoms with Crippen LogP contribution in [0.25, 0.3) is 0 Å². The number of hydrogen-bond donors (Lipinski definition) is 1. The summed E-state index contributed by atoms with van der Waals surface area (Å²) in [6, 6.07) is 4.75. The van der Waals surface area contributed by atoms with E-state index < -0.39 is 0 Å². The molecule has 0 aliphatic rings. The minimum absolute atomic E-state index is 0.210. The second kappa shape index (κ2) is 5.50. The van der Waals surface area contributed by atoms with Crippen LogP contribution in [0.1, 0.15) is 15.2 Å². The Morgan fingerprint density at radius 1 is 1.33 bits per heavy atom. The van der Waals surface area contributed by atoms with Crippen molar-refractivity contribution >= 4 is 54.8 Å². The van der Waals surface area contributed by atoms with E-state index in [0.717, 1.165) is 4.47 Å². The van der Waals surface area contributed by atoms with Crippen LogP contribution in [-0.2, 0) is 0 Å². The van der Waals surface area contributed by atoms with Crippen LogP contribution in [0.4, 0.5) is 10.1 Å². The highest BCUT2D eigenvalue weighted by Gasteiger charge is 2.13. The maximum absolute atomic E-state index is 13.3. The molecule has 0 unspecified atom stereocenters. The first-order chi connectivity index (χ1) is 8.49. The monoisotopic (exact) mass is 391 g/mol. The van der Waals surface area contributed by atoms with Gasteiger partial charge in [0.1, 0.15) is 10.7 Å². The molecule has 0 spiro atoms. The first-order valence-corrected chi connectivity index (χ1v) is 7.45. The molecular weight excluding hydrogens is 385 g/mol. The highest BCUT2D eigenvalue weighted by molar-refractivity contribution is 9.10. The average molecular weight is 393 g/mol. The third-order valence-corrected chi connectivity index (χ3v) is 4.78. The summed E-state index contributed by atoms with van der Waals surface area (Å²) in [6.07, 6.45) is 0. The zero-order chi connectivity index (χ0) is 13.3. The lowest BCUT2D eigenvalue weighted by molar-refractivity contribution is 0.103. The number of nitrogens with one attached hydrogen (secondary N) is 1. The summed E-state index contributed by atoms with van der Waals surface area (Å²) >= 11 is 7.75. The number of carbonyl (C=O) groups is 1. The average Bonchev–Trinajstić information content (AvgIpc) is 2.72. The normalized spacial score (nSPS) is 10.4. The topological polar surface area (TPSA) is 29.1 Å². The smallest absolute Gasteiger partial charge is 0.266 e. The standard InChI is InChI=1S/C12H8Br2FNOS/c1-6-4-9(15)8(14)5-10(6)16-12(17)11-7(13)2-3-18-11/h2-5H,1H3,(H,16,17). The lowest BCUT2D eigenvalue weighted by Crippen LogP contribution is -2.12. The van der Waals surface area contributed by atoms with Gasteiger partial charge in [-0.05, 0) is 67.9 Å². The molecule has 6 heteroatoms. The predicted molar refractivity (Wildman–Crippen MR) is 78.8 cm³/mol. The summed E-state index contributed by atoms with van der Waals surface area (Å²) in [6.45, 7) is 1.74. The van der Waals surface area contributed by atoms with E-state index in [1.54, 1.807) is 13.0 Å². The van der Waals surface area contributed by atoms with E-state index in [2.05, 4.69) is 37.2 Å². The third kappa shape index (κ3) is 2.81. The van der Waals surface area contributed by atoms with Crippen LogP contribution in [0.5, 0.6) is 0 Å². The van der Waals surface area contributed by atoms with Gasteiger partial charge in [-0.15, -0.1) is 11.3 Å². The van der Waals surface area contributed by atoms with Crippen molar-refractivity contribution in [3.8, 4) is 0 Å². The van der Waals surface area contributed by atoms with Crippen molar-refractivity contribution in [1.29, 1.82) is 0 Å². The maximum Gasteiger partial charge on any atom is 0.266 e. The molecule has 1 N–H and O–H groups in total. The predicted octanol–water partition coefficient (Wildman–Crippen LogP) is 4.97. The molecule has 1 heterocycles. The zero-order valence-electron chi connectivity index (χ0n) is 9.26. The van der Waals surface area contributed by atoms with Gasteiger partial charge in [0, 0.05) is 10.2 Å². The van der Waals surface area contributed by atoms with Crippen LogP contribution in [0.15, 0.2) is 32.5 Å². The fraction of sp³-hybridized carbons (Fsp3) is 0.0833. The highest BCUT2D eigenvalue weighted by Crippen LogP contribution is 2.27. The Balaban J connectivity index is 2.28. The van der Waals surface area contributed by atoms with E-state index in [0.29, 0.717) is 20.6 Å². The zero-order valence-corrected chi connectivity index (χ0v) is 13.2. The van der Waals surface area contributed by atoms with Gasteiger partial charge in [-0.2, -0.15) is 0 Å². The summed E-state index contributed by atoms with van der Waals surface area (Å²) in [5, 5.41) is 4.59. The first-order valence-electron chi connectivity index (χ1n) is 4.99. The van der Waals surface area contributed by atoms with Crippen LogP contribution < -0.4 is 5.32 Å². The second-order valence-electron chi connectivity index (χ2n) is 3.63. The summed E-state index contributed by atoms with van der Waals surface area (Å²) in [7, 11) is 0. The van der Waals surface area contributed by atoms with Gasteiger partial charge in [0.15, 0.2) is 0 Å². The SMILES string of the molecule is Cc1cc(F)c(Br)cc1NC(=O)c1sccc1Br. The molecule has 2 rings (SSSR count). The number of benzene rings is 1. The van der Waals surface area contributed by atoms with Crippen LogP contribution in [0.3, 0.4) is 0 Å². The number of carbonyl (C=O) groups excluding carboxylic acids is 1. The summed E-state index contributed by atoms with van der Waals surface area (Å²) in [4.78, 5) is 12.6. The van der Waals surface area contributed by atoms with E-state index in [1.165, 1.54) is 17.4 Å². The molecular formula is C12H8Br2FNOS. The Morgan fingerprint density at radius 3 is 2.67 bits per heavy atom. The van der Waals surface area contributed by atoms with Gasteiger partial charge in [0.25, 0.3) is 5.91 Å². The quantitative estimate of drug-likeness (QED) is 0.767. The molecule has 94 valence electrons. The van der Waals surface area contributed by atoms with Crippen molar-refractivity contribution in [3.63, 3.8) is 0 Å². The highest BCUT2D eigenvalue weighted by atomic mass is 79.9. The minimum atomic E-state index is -0.345. The number of anilines is 1. The van der Waals surface area contributed by atoms with E-state index in [-0.39, 0.29) is 11.7 Å². The molecule has 0 saturated carbocycles. The molecule has 0 aliphatic heterocycles. The number of rotatable bonds is 2. The Kier molecular flexibility index (Phi) is 4.19. The molecule has 1 amide bonds. The summed E-state index contributed by atoms with van der Waals surface area (Å²) < 4.78 is 14.4. The largest absolute Gasteiger partial charge is 0.321 e. The lowest BCUT2D eigenvalue weighted by atomic mass is 10.2. The Hall–Kier alpha value is -0.720. The van der Waals surface area contributed by atoms with Crippen molar-refractivity contribution in [2.75, 3.05) is 5.32 Å². The molecule has 1 aromatic heterocycles. The Labute approximate surface area is 124 Å². The first kappa shape index (κ1) is 13.7. The fourth-order valence-corrected chi connectivity index (χ4v) is 3.21. The van der Waals surface area contributed by atoms with E-state index in [1.807, 2.05) is 11.4 Å². The number of thiophene rings is 1. The van der Waals surface area contributed by atoms with Crippen LogP contribution in [0.2, 0.25) is 0 Å². The molecule has 0 saturated heterocycles. The van der Waals surface area contributed by atoms with Crippen molar-refractivity contribution < 1.29 is 9.18 Å². The van der Waals surface area contributed by atoms with E-state index >= 15 is 0 Å². The molecule has 0 atom stereocenters. The Bertz CT molecular complexity index is 612. The van der Waals surface area contributed by atoms with Gasteiger partial charge < -0.3 is 5.32 Å². The number of hydrogen-bond acceptors (Lipinski definition) is 2. The van der Waals surface area contributed by atoms with Crippen molar-refractivity contribution in [3.05, 3.63) is 48.8 Å². The third-order valence-electron chi connectivity index (χ3n) is 2.34. The van der Waals surface area contributed by atoms with Crippen LogP contribution in [-0.4, -0.2) is 5.91 Å². The van der Waals surface area contributed by atoms with Crippen LogP contribution in [0, 0.1) is 12.7 Å². The van der Waals surface area contributed by atoms with Gasteiger partial charge in [-0.25, -0.2) is 4.39 Å². The number of aryl methyl sites for hydroxylation is 1. The van der Waals surface area contributed by atoms with Crippen molar-refractivity contribution in [2.24, 2.45) is 0 Å². The van der Waals surface area contributed by atoms with Crippen molar-refractivity contribution in [2.45, 2.75) is 6.92 Å². The molecule has 0 aliphatic carbocycles. The minimum Gasteiger partial charge on any atom is -0.321 e. The number of amides is 1. The molecule has 18 heavy (non-hydrogen) atoms. The van der Waals surface area contributed by atoms with Gasteiger partial charge >= 0.3 is 0 Å². The lowest BCUT2D eigenvalue weighted by Gasteiger charge is -2.09. The molecule has 0 bridgehead atoms. The number of halogens is 3. The molecule has 2 nitrogen and oxygen atoms in total. The second-order valence-corrected chi connectivity index (χ2v) is 6.26. The van der Waals surface area contributed by atoms with Crippen molar-refractivity contribution in [1.82, 2.24) is 0 Å². The fourth-order valence-electron chi connectivity index (χ4n) is 1.42. The van der Waals surface area contributed by atoms with Gasteiger partial charge in [-0.3, -0.25) is 4.79 Å². The summed E-state index contributed by atoms with van der Waals surface area (Å²) in [5.74, 6) is -0.554.